The Bertz CT molecular complexity index is 1110. The first kappa shape index (κ1) is 24.1. The van der Waals surface area contributed by atoms with Crippen molar-refractivity contribution in [3.8, 4) is 17.2 Å². The number of rotatable bonds is 10. The molecule has 3 aromatic rings. The van der Waals surface area contributed by atoms with E-state index in [9.17, 15) is 9.59 Å². The molecule has 0 bridgehead atoms. The van der Waals surface area contributed by atoms with Gasteiger partial charge < -0.3 is 20.1 Å². The third-order valence-electron chi connectivity index (χ3n) is 4.87. The quantitative estimate of drug-likeness (QED) is 0.470. The number of ether oxygens (including phenoxy) is 2. The highest BCUT2D eigenvalue weighted by atomic mass is 32.2. The fourth-order valence-electron chi connectivity index (χ4n) is 3.22. The van der Waals surface area contributed by atoms with E-state index < -0.39 is 0 Å². The molecular formula is C23H27N5O4S. The number of carbonyl (C=O) groups excluding carboxylic acids is 2. The molecule has 174 valence electrons. The van der Waals surface area contributed by atoms with E-state index in [0.29, 0.717) is 41.6 Å². The minimum Gasteiger partial charge on any atom is -0.493 e. The van der Waals surface area contributed by atoms with Gasteiger partial charge in [-0.3, -0.25) is 9.59 Å². The zero-order chi connectivity index (χ0) is 23.8. The summed E-state index contributed by atoms with van der Waals surface area (Å²) in [6.45, 7) is 2.73. The number of carbonyl (C=O) groups is 2. The zero-order valence-electron chi connectivity index (χ0n) is 19.0. The Balaban J connectivity index is 1.78. The van der Waals surface area contributed by atoms with Crippen LogP contribution in [0.3, 0.4) is 0 Å². The van der Waals surface area contributed by atoms with Crippen LogP contribution in [0, 0.1) is 0 Å². The van der Waals surface area contributed by atoms with E-state index in [2.05, 4.69) is 20.9 Å². The summed E-state index contributed by atoms with van der Waals surface area (Å²) >= 11 is 1.56. The van der Waals surface area contributed by atoms with Crippen molar-refractivity contribution in [2.45, 2.75) is 19.2 Å². The van der Waals surface area contributed by atoms with Crippen LogP contribution in [-0.4, -0.2) is 53.8 Å². The summed E-state index contributed by atoms with van der Waals surface area (Å²) in [6, 6.07) is 12.5. The predicted octanol–water partition coefficient (Wildman–Crippen LogP) is 2.83. The Kier molecular flexibility index (Phi) is 8.31. The number of nitrogens with zero attached hydrogens (tertiary/aromatic N) is 3. The largest absolute Gasteiger partial charge is 0.493 e. The molecule has 9 nitrogen and oxygen atoms in total. The molecule has 2 aromatic carbocycles. The maximum Gasteiger partial charge on any atom is 0.274 e. The molecule has 2 N–H and O–H groups in total. The summed E-state index contributed by atoms with van der Waals surface area (Å²) in [6.07, 6.45) is 1.95. The fraction of sp³-hybridized carbons (Fsp3) is 0.304. The van der Waals surface area contributed by atoms with Crippen molar-refractivity contribution in [2.75, 3.05) is 27.0 Å². The normalized spacial score (nSPS) is 10.5. The molecule has 0 saturated carbocycles. The highest BCUT2D eigenvalue weighted by Gasteiger charge is 2.20. The van der Waals surface area contributed by atoms with Gasteiger partial charge in [0.15, 0.2) is 17.2 Å². The van der Waals surface area contributed by atoms with Gasteiger partial charge in [-0.2, -0.15) is 11.8 Å². The second-order valence-corrected chi connectivity index (χ2v) is 7.87. The topological polar surface area (TPSA) is 107 Å². The number of thioether (sulfide) groups is 1. The number of hydrogen-bond acceptors (Lipinski definition) is 7. The highest BCUT2D eigenvalue weighted by molar-refractivity contribution is 7.97. The Labute approximate surface area is 196 Å². The van der Waals surface area contributed by atoms with Crippen molar-refractivity contribution in [3.63, 3.8) is 0 Å². The molecule has 0 aliphatic carbocycles. The van der Waals surface area contributed by atoms with Gasteiger partial charge in [0.25, 0.3) is 11.8 Å². The van der Waals surface area contributed by atoms with E-state index in [1.807, 2.05) is 25.3 Å². The molecule has 1 heterocycles. The maximum absolute atomic E-state index is 12.9. The molecule has 0 fully saturated rings. The van der Waals surface area contributed by atoms with E-state index in [1.165, 1.54) is 0 Å². The molecule has 0 radical (unpaired) electrons. The van der Waals surface area contributed by atoms with Crippen LogP contribution < -0.4 is 20.1 Å². The maximum atomic E-state index is 12.9. The SMILES string of the molecule is CCNC(=O)c1ccc(-n2nnc(C(=O)NCc3ccc(OC)c(OC)c3)c2CSC)cc1. The van der Waals surface area contributed by atoms with Gasteiger partial charge in [-0.15, -0.1) is 5.10 Å². The monoisotopic (exact) mass is 469 g/mol. The average molecular weight is 470 g/mol. The molecular weight excluding hydrogens is 442 g/mol. The van der Waals surface area contributed by atoms with Crippen molar-refractivity contribution >= 4 is 23.6 Å². The fourth-order valence-corrected chi connectivity index (χ4v) is 3.76. The molecule has 0 aliphatic rings. The third-order valence-corrected chi connectivity index (χ3v) is 5.43. The summed E-state index contributed by atoms with van der Waals surface area (Å²) in [5.41, 5.74) is 3.08. The number of benzene rings is 2. The third kappa shape index (κ3) is 5.64. The summed E-state index contributed by atoms with van der Waals surface area (Å²) in [5.74, 6) is 1.30. The Hall–Kier alpha value is -3.53. The van der Waals surface area contributed by atoms with Gasteiger partial charge in [0.1, 0.15) is 0 Å². The van der Waals surface area contributed by atoms with Crippen LogP contribution in [0.1, 0.15) is 39.0 Å². The molecule has 2 amide bonds. The number of hydrogen-bond donors (Lipinski definition) is 2. The Morgan fingerprint density at radius 1 is 1.00 bits per heavy atom. The lowest BCUT2D eigenvalue weighted by atomic mass is 10.2. The number of nitrogens with one attached hydrogen (secondary N) is 2. The van der Waals surface area contributed by atoms with E-state index in [0.717, 1.165) is 11.3 Å². The number of methoxy groups -OCH3 is 2. The molecule has 33 heavy (non-hydrogen) atoms. The second-order valence-electron chi connectivity index (χ2n) is 7.01. The van der Waals surface area contributed by atoms with Crippen LogP contribution in [0.2, 0.25) is 0 Å². The zero-order valence-corrected chi connectivity index (χ0v) is 19.9. The van der Waals surface area contributed by atoms with E-state index in [1.54, 1.807) is 61.0 Å². The van der Waals surface area contributed by atoms with Crippen LogP contribution in [0.25, 0.3) is 5.69 Å². The van der Waals surface area contributed by atoms with Crippen LogP contribution >= 0.6 is 11.8 Å². The minimum absolute atomic E-state index is 0.137. The summed E-state index contributed by atoms with van der Waals surface area (Å²) in [4.78, 5) is 24.9. The minimum atomic E-state index is -0.320. The van der Waals surface area contributed by atoms with Crippen molar-refractivity contribution < 1.29 is 19.1 Å². The predicted molar refractivity (Wildman–Crippen MR) is 127 cm³/mol. The van der Waals surface area contributed by atoms with Gasteiger partial charge in [0, 0.05) is 24.4 Å². The van der Waals surface area contributed by atoms with Crippen molar-refractivity contribution in [3.05, 3.63) is 65.0 Å². The van der Waals surface area contributed by atoms with Crippen molar-refractivity contribution in [1.29, 1.82) is 0 Å². The first-order valence-electron chi connectivity index (χ1n) is 10.3. The lowest BCUT2D eigenvalue weighted by molar-refractivity contribution is 0.0940. The lowest BCUT2D eigenvalue weighted by Crippen LogP contribution is -2.24. The van der Waals surface area contributed by atoms with Crippen molar-refractivity contribution in [1.82, 2.24) is 25.6 Å². The molecule has 0 aliphatic heterocycles. The first-order valence-corrected chi connectivity index (χ1v) is 11.7. The smallest absolute Gasteiger partial charge is 0.274 e. The number of aromatic nitrogens is 3. The van der Waals surface area contributed by atoms with Gasteiger partial charge in [-0.05, 0) is 55.1 Å². The molecule has 3 rings (SSSR count). The molecule has 1 aromatic heterocycles. The van der Waals surface area contributed by atoms with Gasteiger partial charge in [-0.1, -0.05) is 11.3 Å². The highest BCUT2D eigenvalue weighted by Crippen LogP contribution is 2.27. The van der Waals surface area contributed by atoms with Crippen LogP contribution in [0.4, 0.5) is 0 Å². The van der Waals surface area contributed by atoms with E-state index >= 15 is 0 Å². The summed E-state index contributed by atoms with van der Waals surface area (Å²) in [5, 5.41) is 14.0. The lowest BCUT2D eigenvalue weighted by Gasteiger charge is -2.11. The molecule has 10 heteroatoms. The van der Waals surface area contributed by atoms with E-state index in [-0.39, 0.29) is 17.5 Å². The summed E-state index contributed by atoms with van der Waals surface area (Å²) < 4.78 is 12.2. The number of amides is 2. The van der Waals surface area contributed by atoms with Crippen LogP contribution in [-0.2, 0) is 12.3 Å². The second kappa shape index (κ2) is 11.4. The van der Waals surface area contributed by atoms with Gasteiger partial charge in [-0.25, -0.2) is 4.68 Å². The molecule has 0 atom stereocenters. The van der Waals surface area contributed by atoms with Gasteiger partial charge >= 0.3 is 0 Å². The van der Waals surface area contributed by atoms with Gasteiger partial charge in [0.2, 0.25) is 0 Å². The molecule has 0 spiro atoms. The summed E-state index contributed by atoms with van der Waals surface area (Å²) in [7, 11) is 3.14. The Morgan fingerprint density at radius 2 is 1.73 bits per heavy atom. The average Bonchev–Trinajstić information content (AvgIpc) is 3.26. The Morgan fingerprint density at radius 3 is 2.36 bits per heavy atom. The first-order chi connectivity index (χ1) is 16.0. The molecule has 0 saturated heterocycles. The standard InChI is InChI=1S/C23H27N5O4S/c1-5-24-22(29)16-7-9-17(10-8-16)28-18(14-33-4)21(26-27-28)23(30)25-13-15-6-11-19(31-2)20(12-15)32-3/h6-12H,5,13-14H2,1-4H3,(H,24,29)(H,25,30). The van der Waals surface area contributed by atoms with Crippen LogP contribution in [0.5, 0.6) is 11.5 Å². The van der Waals surface area contributed by atoms with Gasteiger partial charge in [0.05, 0.1) is 25.6 Å². The van der Waals surface area contributed by atoms with E-state index in [4.69, 9.17) is 9.47 Å². The molecule has 0 unspecified atom stereocenters. The van der Waals surface area contributed by atoms with Crippen LogP contribution in [0.15, 0.2) is 42.5 Å². The van der Waals surface area contributed by atoms with Crippen molar-refractivity contribution in [2.24, 2.45) is 0 Å².